The normalized spacial score (nSPS) is 17.3. The van der Waals surface area contributed by atoms with Crippen molar-refractivity contribution in [1.29, 1.82) is 0 Å². The van der Waals surface area contributed by atoms with Crippen LogP contribution in [0.3, 0.4) is 0 Å². The lowest BCUT2D eigenvalue weighted by atomic mass is 9.97. The molecular weight excluding hydrogens is 272 g/mol. The number of nitrogens with one attached hydrogen (secondary N) is 1. The standard InChI is InChI=1S/C19H30N2O/c1-13(2)12-15-5-7-16(8-6-15)19(17-9-10-17)21-18(22)11-4-14(3)20/h5-8,13-14,17,19H,4,9-12,20H2,1-3H3,(H,21,22). The smallest absolute Gasteiger partial charge is 0.220 e. The molecule has 0 radical (unpaired) electrons. The van der Waals surface area contributed by atoms with Crippen LogP contribution in [0.2, 0.25) is 0 Å². The first-order valence-electron chi connectivity index (χ1n) is 8.59. The van der Waals surface area contributed by atoms with Crippen LogP contribution < -0.4 is 11.1 Å². The van der Waals surface area contributed by atoms with Crippen LogP contribution in [0, 0.1) is 11.8 Å². The van der Waals surface area contributed by atoms with Gasteiger partial charge in [-0.25, -0.2) is 0 Å². The molecule has 0 heterocycles. The fraction of sp³-hybridized carbons (Fsp3) is 0.632. The lowest BCUT2D eigenvalue weighted by molar-refractivity contribution is -0.122. The second-order valence-corrected chi connectivity index (χ2v) is 7.24. The molecule has 0 aliphatic heterocycles. The Morgan fingerprint density at radius 3 is 2.36 bits per heavy atom. The molecule has 1 fully saturated rings. The Morgan fingerprint density at radius 1 is 1.23 bits per heavy atom. The van der Waals surface area contributed by atoms with Crippen molar-refractivity contribution >= 4 is 5.91 Å². The van der Waals surface area contributed by atoms with E-state index >= 15 is 0 Å². The van der Waals surface area contributed by atoms with E-state index in [-0.39, 0.29) is 18.0 Å². The highest BCUT2D eigenvalue weighted by atomic mass is 16.1. The molecule has 2 unspecified atom stereocenters. The maximum absolute atomic E-state index is 12.1. The van der Waals surface area contributed by atoms with Crippen LogP contribution in [0.25, 0.3) is 0 Å². The predicted octanol–water partition coefficient (Wildman–Crippen LogP) is 3.58. The molecule has 122 valence electrons. The average Bonchev–Trinajstić information content (AvgIpc) is 3.27. The van der Waals surface area contributed by atoms with Crippen molar-refractivity contribution in [2.24, 2.45) is 17.6 Å². The van der Waals surface area contributed by atoms with E-state index in [1.807, 2.05) is 6.92 Å². The lowest BCUT2D eigenvalue weighted by Crippen LogP contribution is -2.31. The molecule has 0 bridgehead atoms. The van der Waals surface area contributed by atoms with E-state index in [0.717, 1.165) is 12.8 Å². The van der Waals surface area contributed by atoms with Gasteiger partial charge in [-0.2, -0.15) is 0 Å². The number of hydrogen-bond donors (Lipinski definition) is 2. The molecule has 1 saturated carbocycles. The van der Waals surface area contributed by atoms with E-state index in [9.17, 15) is 4.79 Å². The molecule has 1 amide bonds. The summed E-state index contributed by atoms with van der Waals surface area (Å²) in [5, 5.41) is 3.22. The molecule has 3 N–H and O–H groups in total. The second-order valence-electron chi connectivity index (χ2n) is 7.24. The van der Waals surface area contributed by atoms with E-state index in [0.29, 0.717) is 18.3 Å². The largest absolute Gasteiger partial charge is 0.349 e. The monoisotopic (exact) mass is 302 g/mol. The van der Waals surface area contributed by atoms with Gasteiger partial charge < -0.3 is 11.1 Å². The summed E-state index contributed by atoms with van der Waals surface area (Å²) in [5.74, 6) is 1.40. The summed E-state index contributed by atoms with van der Waals surface area (Å²) in [7, 11) is 0. The van der Waals surface area contributed by atoms with Crippen LogP contribution in [0.5, 0.6) is 0 Å². The summed E-state index contributed by atoms with van der Waals surface area (Å²) in [6, 6.07) is 9.05. The van der Waals surface area contributed by atoms with Crippen LogP contribution in [0.15, 0.2) is 24.3 Å². The Kier molecular flexibility index (Phi) is 6.01. The van der Waals surface area contributed by atoms with E-state index in [2.05, 4.69) is 43.4 Å². The number of rotatable bonds is 8. The van der Waals surface area contributed by atoms with E-state index < -0.39 is 0 Å². The summed E-state index contributed by atoms with van der Waals surface area (Å²) in [5.41, 5.74) is 8.34. The Hall–Kier alpha value is -1.35. The van der Waals surface area contributed by atoms with Crippen LogP contribution in [0.4, 0.5) is 0 Å². The van der Waals surface area contributed by atoms with Gasteiger partial charge in [0.15, 0.2) is 0 Å². The molecular formula is C19H30N2O. The van der Waals surface area contributed by atoms with Gasteiger partial charge in [0.05, 0.1) is 6.04 Å². The SMILES string of the molecule is CC(C)Cc1ccc(C(NC(=O)CCC(C)N)C2CC2)cc1. The second kappa shape index (κ2) is 7.77. The molecule has 3 heteroatoms. The van der Waals surface area contributed by atoms with Gasteiger partial charge in [0.1, 0.15) is 0 Å². The molecule has 1 aromatic carbocycles. The minimum Gasteiger partial charge on any atom is -0.349 e. The number of hydrogen-bond acceptors (Lipinski definition) is 2. The molecule has 3 nitrogen and oxygen atoms in total. The number of nitrogens with two attached hydrogens (primary N) is 1. The van der Waals surface area contributed by atoms with Crippen LogP contribution in [0.1, 0.15) is 63.6 Å². The van der Waals surface area contributed by atoms with Gasteiger partial charge >= 0.3 is 0 Å². The van der Waals surface area contributed by atoms with Crippen LogP contribution in [-0.4, -0.2) is 11.9 Å². The van der Waals surface area contributed by atoms with Gasteiger partial charge in [-0.15, -0.1) is 0 Å². The van der Waals surface area contributed by atoms with Gasteiger partial charge in [-0.05, 0) is 55.6 Å². The first-order valence-corrected chi connectivity index (χ1v) is 8.59. The molecule has 0 aromatic heterocycles. The van der Waals surface area contributed by atoms with Gasteiger partial charge in [0, 0.05) is 12.5 Å². The van der Waals surface area contributed by atoms with Crippen molar-refractivity contribution < 1.29 is 4.79 Å². The third kappa shape index (κ3) is 5.45. The molecule has 2 rings (SSSR count). The average molecular weight is 302 g/mol. The summed E-state index contributed by atoms with van der Waals surface area (Å²) in [6.07, 6.45) is 4.80. The maximum Gasteiger partial charge on any atom is 0.220 e. The highest BCUT2D eigenvalue weighted by Gasteiger charge is 2.33. The van der Waals surface area contributed by atoms with E-state index in [1.54, 1.807) is 0 Å². The number of carbonyl (C=O) groups excluding carboxylic acids is 1. The van der Waals surface area contributed by atoms with Crippen molar-refractivity contribution in [2.75, 3.05) is 0 Å². The molecule has 0 saturated heterocycles. The van der Waals surface area contributed by atoms with Crippen molar-refractivity contribution in [2.45, 2.75) is 65.0 Å². The van der Waals surface area contributed by atoms with Crippen molar-refractivity contribution in [3.63, 3.8) is 0 Å². The zero-order chi connectivity index (χ0) is 16.1. The Bertz CT molecular complexity index is 475. The Labute approximate surface area is 134 Å². The first kappa shape index (κ1) is 17.0. The molecule has 0 spiro atoms. The van der Waals surface area contributed by atoms with Crippen LogP contribution >= 0.6 is 0 Å². The molecule has 1 aliphatic carbocycles. The van der Waals surface area contributed by atoms with Gasteiger partial charge in [-0.3, -0.25) is 4.79 Å². The first-order chi connectivity index (χ1) is 10.5. The summed E-state index contributed by atoms with van der Waals surface area (Å²) < 4.78 is 0. The predicted molar refractivity (Wildman–Crippen MR) is 91.5 cm³/mol. The molecule has 2 atom stereocenters. The fourth-order valence-corrected chi connectivity index (χ4v) is 2.84. The van der Waals surface area contributed by atoms with Crippen LogP contribution in [-0.2, 0) is 11.2 Å². The number of carbonyl (C=O) groups is 1. The minimum absolute atomic E-state index is 0.0837. The number of amides is 1. The van der Waals surface area contributed by atoms with Gasteiger partial charge in [0.25, 0.3) is 0 Å². The summed E-state index contributed by atoms with van der Waals surface area (Å²) >= 11 is 0. The van der Waals surface area contributed by atoms with Crippen molar-refractivity contribution in [3.8, 4) is 0 Å². The molecule has 22 heavy (non-hydrogen) atoms. The van der Waals surface area contributed by atoms with Gasteiger partial charge in [-0.1, -0.05) is 38.1 Å². The topological polar surface area (TPSA) is 55.1 Å². The zero-order valence-electron chi connectivity index (χ0n) is 14.1. The fourth-order valence-electron chi connectivity index (χ4n) is 2.84. The van der Waals surface area contributed by atoms with Crippen molar-refractivity contribution in [1.82, 2.24) is 5.32 Å². The third-order valence-electron chi connectivity index (χ3n) is 4.22. The summed E-state index contributed by atoms with van der Waals surface area (Å²) in [6.45, 7) is 6.41. The molecule has 1 aliphatic rings. The quantitative estimate of drug-likeness (QED) is 0.771. The molecule has 1 aromatic rings. The minimum atomic E-state index is 0.0837. The number of benzene rings is 1. The Balaban J connectivity index is 1.97. The third-order valence-corrected chi connectivity index (χ3v) is 4.22. The maximum atomic E-state index is 12.1. The van der Waals surface area contributed by atoms with E-state index in [1.165, 1.54) is 24.0 Å². The lowest BCUT2D eigenvalue weighted by Gasteiger charge is -2.20. The Morgan fingerprint density at radius 2 is 1.86 bits per heavy atom. The highest BCUT2D eigenvalue weighted by molar-refractivity contribution is 5.76. The van der Waals surface area contributed by atoms with Gasteiger partial charge in [0.2, 0.25) is 5.91 Å². The highest BCUT2D eigenvalue weighted by Crippen LogP contribution is 2.41. The van der Waals surface area contributed by atoms with Crippen molar-refractivity contribution in [3.05, 3.63) is 35.4 Å². The zero-order valence-corrected chi connectivity index (χ0v) is 14.1. The summed E-state index contributed by atoms with van der Waals surface area (Å²) in [4.78, 5) is 12.1. The van der Waals surface area contributed by atoms with E-state index in [4.69, 9.17) is 5.73 Å².